The fourth-order valence-electron chi connectivity index (χ4n) is 3.84. The molecule has 2 saturated heterocycles. The summed E-state index contributed by atoms with van der Waals surface area (Å²) < 4.78 is 0. The van der Waals surface area contributed by atoms with E-state index >= 15 is 0 Å². The van der Waals surface area contributed by atoms with Crippen LogP contribution in [0.2, 0.25) is 10.0 Å². The van der Waals surface area contributed by atoms with E-state index in [-0.39, 0.29) is 24.3 Å². The third-order valence-electron chi connectivity index (χ3n) is 5.37. The molecule has 0 aliphatic carbocycles. The SMILES string of the molecule is O=C1C[C@@H](N2CCN(Cc3ccc(Cl)cc3)CC2)C(=O)N1c1ccc(Cl)cc1. The van der Waals surface area contributed by atoms with E-state index in [1.165, 1.54) is 10.5 Å². The first-order chi connectivity index (χ1) is 13.5. The van der Waals surface area contributed by atoms with Crippen molar-refractivity contribution in [3.63, 3.8) is 0 Å². The molecule has 7 heteroatoms. The lowest BCUT2D eigenvalue weighted by Gasteiger charge is -2.37. The van der Waals surface area contributed by atoms with Crippen LogP contribution in [0.25, 0.3) is 0 Å². The maximum absolute atomic E-state index is 12.9. The van der Waals surface area contributed by atoms with E-state index in [0.717, 1.165) is 37.7 Å². The van der Waals surface area contributed by atoms with Crippen LogP contribution < -0.4 is 4.90 Å². The number of benzene rings is 2. The van der Waals surface area contributed by atoms with E-state index in [4.69, 9.17) is 23.2 Å². The van der Waals surface area contributed by atoms with Crippen molar-refractivity contribution in [1.82, 2.24) is 9.80 Å². The quantitative estimate of drug-likeness (QED) is 0.714. The zero-order valence-electron chi connectivity index (χ0n) is 15.4. The summed E-state index contributed by atoms with van der Waals surface area (Å²) in [5.41, 5.74) is 1.81. The highest BCUT2D eigenvalue weighted by molar-refractivity contribution is 6.31. The molecule has 0 aromatic heterocycles. The van der Waals surface area contributed by atoms with Crippen molar-refractivity contribution >= 4 is 40.7 Å². The molecule has 2 fully saturated rings. The van der Waals surface area contributed by atoms with Crippen LogP contribution in [0.15, 0.2) is 48.5 Å². The fraction of sp³-hybridized carbons (Fsp3) is 0.333. The average Bonchev–Trinajstić information content (AvgIpc) is 2.99. The minimum atomic E-state index is -0.374. The predicted octanol–water partition coefficient (Wildman–Crippen LogP) is 3.44. The Morgan fingerprint density at radius 1 is 0.821 bits per heavy atom. The molecule has 0 N–H and O–H groups in total. The topological polar surface area (TPSA) is 43.9 Å². The Hall–Kier alpha value is -1.92. The van der Waals surface area contributed by atoms with Crippen LogP contribution in [-0.4, -0.2) is 53.8 Å². The van der Waals surface area contributed by atoms with Crippen LogP contribution in [-0.2, 0) is 16.1 Å². The van der Waals surface area contributed by atoms with Crippen LogP contribution in [0.5, 0.6) is 0 Å². The molecule has 0 saturated carbocycles. The summed E-state index contributed by atoms with van der Waals surface area (Å²) in [4.78, 5) is 31.2. The number of carbonyl (C=O) groups excluding carboxylic acids is 2. The van der Waals surface area contributed by atoms with E-state index in [9.17, 15) is 9.59 Å². The first-order valence-corrected chi connectivity index (χ1v) is 10.1. The van der Waals surface area contributed by atoms with Crippen molar-refractivity contribution in [3.8, 4) is 0 Å². The number of nitrogens with zero attached hydrogens (tertiary/aromatic N) is 3. The Bertz CT molecular complexity index is 862. The van der Waals surface area contributed by atoms with Crippen LogP contribution in [0, 0.1) is 0 Å². The zero-order valence-corrected chi connectivity index (χ0v) is 16.9. The molecule has 0 spiro atoms. The van der Waals surface area contributed by atoms with Gasteiger partial charge in [0.2, 0.25) is 5.91 Å². The summed E-state index contributed by atoms with van der Waals surface area (Å²) >= 11 is 11.9. The molecule has 2 aromatic carbocycles. The average molecular weight is 418 g/mol. The Balaban J connectivity index is 1.37. The normalized spacial score (nSPS) is 21.5. The third kappa shape index (κ3) is 4.08. The molecular formula is C21H21Cl2N3O2. The number of rotatable bonds is 4. The Morgan fingerprint density at radius 2 is 1.39 bits per heavy atom. The van der Waals surface area contributed by atoms with Gasteiger partial charge in [0, 0.05) is 42.8 Å². The van der Waals surface area contributed by atoms with E-state index < -0.39 is 0 Å². The molecule has 2 aliphatic heterocycles. The van der Waals surface area contributed by atoms with Gasteiger partial charge in [0.1, 0.15) is 0 Å². The van der Waals surface area contributed by atoms with Gasteiger partial charge in [0.05, 0.1) is 18.2 Å². The van der Waals surface area contributed by atoms with Crippen LogP contribution in [0.4, 0.5) is 5.69 Å². The molecule has 0 bridgehead atoms. The van der Waals surface area contributed by atoms with Gasteiger partial charge in [-0.15, -0.1) is 0 Å². The molecule has 0 radical (unpaired) electrons. The molecule has 2 heterocycles. The molecule has 2 amide bonds. The smallest absolute Gasteiger partial charge is 0.251 e. The zero-order chi connectivity index (χ0) is 19.7. The highest BCUT2D eigenvalue weighted by Crippen LogP contribution is 2.27. The molecule has 5 nitrogen and oxygen atoms in total. The summed E-state index contributed by atoms with van der Waals surface area (Å²) in [6, 6.07) is 14.3. The number of halogens is 2. The van der Waals surface area contributed by atoms with Crippen molar-refractivity contribution in [2.75, 3.05) is 31.1 Å². The largest absolute Gasteiger partial charge is 0.297 e. The van der Waals surface area contributed by atoms with Crippen molar-refractivity contribution < 1.29 is 9.59 Å². The summed E-state index contributed by atoms with van der Waals surface area (Å²) in [5, 5.41) is 1.32. The monoisotopic (exact) mass is 417 g/mol. The molecule has 2 aliphatic rings. The second-order valence-corrected chi connectivity index (χ2v) is 8.08. The van der Waals surface area contributed by atoms with E-state index in [2.05, 4.69) is 9.80 Å². The number of piperazine rings is 1. The lowest BCUT2D eigenvalue weighted by molar-refractivity contribution is -0.123. The van der Waals surface area contributed by atoms with Crippen LogP contribution >= 0.6 is 23.2 Å². The van der Waals surface area contributed by atoms with Gasteiger partial charge in [-0.1, -0.05) is 35.3 Å². The molecule has 146 valence electrons. The van der Waals surface area contributed by atoms with E-state index in [1.54, 1.807) is 24.3 Å². The molecule has 4 rings (SSSR count). The molecular weight excluding hydrogens is 397 g/mol. The molecule has 2 aromatic rings. The first kappa shape index (κ1) is 19.4. The number of anilines is 1. The number of carbonyl (C=O) groups is 2. The maximum atomic E-state index is 12.9. The Morgan fingerprint density at radius 3 is 2.00 bits per heavy atom. The molecule has 28 heavy (non-hydrogen) atoms. The van der Waals surface area contributed by atoms with Gasteiger partial charge in [-0.3, -0.25) is 19.4 Å². The summed E-state index contributed by atoms with van der Waals surface area (Å²) in [6.07, 6.45) is 0.235. The number of hydrogen-bond donors (Lipinski definition) is 0. The lowest BCUT2D eigenvalue weighted by Crippen LogP contribution is -2.52. The number of imide groups is 1. The van der Waals surface area contributed by atoms with Gasteiger partial charge in [-0.2, -0.15) is 0 Å². The maximum Gasteiger partial charge on any atom is 0.251 e. The minimum absolute atomic E-state index is 0.140. The number of hydrogen-bond acceptors (Lipinski definition) is 4. The Labute approximate surface area is 174 Å². The molecule has 0 unspecified atom stereocenters. The predicted molar refractivity (Wildman–Crippen MR) is 111 cm³/mol. The fourth-order valence-corrected chi connectivity index (χ4v) is 4.10. The highest BCUT2D eigenvalue weighted by atomic mass is 35.5. The molecule has 1 atom stereocenters. The minimum Gasteiger partial charge on any atom is -0.297 e. The lowest BCUT2D eigenvalue weighted by atomic mass is 10.1. The van der Waals surface area contributed by atoms with Crippen molar-refractivity contribution in [2.45, 2.75) is 19.0 Å². The van der Waals surface area contributed by atoms with Gasteiger partial charge in [0.25, 0.3) is 5.91 Å². The summed E-state index contributed by atoms with van der Waals surface area (Å²) in [5.74, 6) is -0.292. The van der Waals surface area contributed by atoms with Crippen molar-refractivity contribution in [3.05, 3.63) is 64.1 Å². The summed E-state index contributed by atoms with van der Waals surface area (Å²) in [6.45, 7) is 4.13. The van der Waals surface area contributed by atoms with Crippen molar-refractivity contribution in [2.24, 2.45) is 0 Å². The van der Waals surface area contributed by atoms with Gasteiger partial charge in [0.15, 0.2) is 0 Å². The Kier molecular flexibility index (Phi) is 5.69. The number of amides is 2. The van der Waals surface area contributed by atoms with Crippen molar-refractivity contribution in [1.29, 1.82) is 0 Å². The summed E-state index contributed by atoms with van der Waals surface area (Å²) in [7, 11) is 0. The van der Waals surface area contributed by atoms with Gasteiger partial charge >= 0.3 is 0 Å². The van der Waals surface area contributed by atoms with Gasteiger partial charge in [-0.25, -0.2) is 4.90 Å². The second kappa shape index (κ2) is 8.21. The van der Waals surface area contributed by atoms with Crippen LogP contribution in [0.3, 0.4) is 0 Å². The third-order valence-corrected chi connectivity index (χ3v) is 5.88. The highest BCUT2D eigenvalue weighted by Gasteiger charge is 2.43. The van der Waals surface area contributed by atoms with Gasteiger partial charge < -0.3 is 0 Å². The standard InChI is InChI=1S/C21H21Cl2N3O2/c22-16-3-1-15(2-4-16)14-24-9-11-25(12-10-24)19-13-20(27)26(21(19)28)18-7-5-17(23)6-8-18/h1-8,19H,9-14H2/t19-/m1/s1. The van der Waals surface area contributed by atoms with Crippen LogP contribution in [0.1, 0.15) is 12.0 Å². The van der Waals surface area contributed by atoms with E-state index in [0.29, 0.717) is 10.7 Å². The van der Waals surface area contributed by atoms with E-state index in [1.807, 2.05) is 24.3 Å². The van der Waals surface area contributed by atoms with Gasteiger partial charge in [-0.05, 0) is 42.0 Å². The first-order valence-electron chi connectivity index (χ1n) is 9.34. The second-order valence-electron chi connectivity index (χ2n) is 7.20.